The molecule has 0 aromatic heterocycles. The minimum Gasteiger partial charge on any atom is -0.306 e. The van der Waals surface area contributed by atoms with E-state index in [1.807, 2.05) is 25.1 Å². The van der Waals surface area contributed by atoms with Gasteiger partial charge in [0.2, 0.25) is 0 Å². The number of rotatable bonds is 4. The summed E-state index contributed by atoms with van der Waals surface area (Å²) in [5, 5.41) is 3.39. The quantitative estimate of drug-likeness (QED) is 0.837. The number of nitrogens with one attached hydrogen (secondary N) is 1. The molecule has 1 unspecified atom stereocenters. The van der Waals surface area contributed by atoms with Crippen LogP contribution in [-0.2, 0) is 0 Å². The molecule has 0 spiro atoms. The van der Waals surface area contributed by atoms with Crippen LogP contribution in [0.1, 0.15) is 35.2 Å². The highest BCUT2D eigenvalue weighted by atomic mass is 79.9. The summed E-state index contributed by atoms with van der Waals surface area (Å²) in [7, 11) is 0. The molecular weight excluding hydrogens is 317 g/mol. The average molecular weight is 336 g/mol. The average Bonchev–Trinajstić information content (AvgIpc) is 2.43. The van der Waals surface area contributed by atoms with Crippen LogP contribution in [0.4, 0.5) is 4.39 Å². The molecule has 0 aliphatic rings. The van der Waals surface area contributed by atoms with Crippen LogP contribution in [-0.4, -0.2) is 6.54 Å². The van der Waals surface area contributed by atoms with Gasteiger partial charge in [-0.05, 0) is 59.1 Å². The van der Waals surface area contributed by atoms with E-state index in [1.165, 1.54) is 11.1 Å². The topological polar surface area (TPSA) is 12.0 Å². The van der Waals surface area contributed by atoms with Crippen LogP contribution in [0.15, 0.2) is 40.9 Å². The van der Waals surface area contributed by atoms with Crippen LogP contribution in [0.5, 0.6) is 0 Å². The monoisotopic (exact) mass is 335 g/mol. The molecule has 2 rings (SSSR count). The Morgan fingerprint density at radius 3 is 2.45 bits per heavy atom. The van der Waals surface area contributed by atoms with Gasteiger partial charge in [-0.25, -0.2) is 4.39 Å². The molecule has 3 heteroatoms. The molecule has 1 N–H and O–H groups in total. The highest BCUT2D eigenvalue weighted by molar-refractivity contribution is 9.10. The van der Waals surface area contributed by atoms with Gasteiger partial charge in [-0.1, -0.05) is 37.3 Å². The van der Waals surface area contributed by atoms with Gasteiger partial charge in [-0.15, -0.1) is 0 Å². The lowest BCUT2D eigenvalue weighted by Crippen LogP contribution is -2.24. The van der Waals surface area contributed by atoms with Crippen LogP contribution in [0.25, 0.3) is 0 Å². The Balaban J connectivity index is 2.56. The third-order valence-electron chi connectivity index (χ3n) is 3.66. The molecule has 106 valence electrons. The first-order chi connectivity index (χ1) is 9.56. The van der Waals surface area contributed by atoms with Gasteiger partial charge >= 0.3 is 0 Å². The van der Waals surface area contributed by atoms with Crippen LogP contribution in [0.2, 0.25) is 0 Å². The smallest absolute Gasteiger partial charge is 0.142 e. The second-order valence-electron chi connectivity index (χ2n) is 4.92. The maximum Gasteiger partial charge on any atom is 0.142 e. The van der Waals surface area contributed by atoms with E-state index in [0.29, 0.717) is 10.0 Å². The highest BCUT2D eigenvalue weighted by Gasteiger charge is 2.20. The van der Waals surface area contributed by atoms with Crippen molar-refractivity contribution in [1.82, 2.24) is 5.32 Å². The van der Waals surface area contributed by atoms with Crippen molar-refractivity contribution in [2.75, 3.05) is 6.54 Å². The molecule has 1 nitrogen and oxygen atoms in total. The van der Waals surface area contributed by atoms with E-state index in [1.54, 1.807) is 6.07 Å². The number of aryl methyl sites for hydroxylation is 1. The van der Waals surface area contributed by atoms with Crippen molar-refractivity contribution in [2.45, 2.75) is 26.8 Å². The third-order valence-corrected chi connectivity index (χ3v) is 4.27. The van der Waals surface area contributed by atoms with Crippen molar-refractivity contribution in [3.05, 3.63) is 68.9 Å². The van der Waals surface area contributed by atoms with Gasteiger partial charge in [-0.2, -0.15) is 0 Å². The van der Waals surface area contributed by atoms with E-state index in [2.05, 4.69) is 47.2 Å². The molecule has 0 fully saturated rings. The molecule has 0 bridgehead atoms. The molecule has 20 heavy (non-hydrogen) atoms. The molecule has 0 aliphatic carbocycles. The lowest BCUT2D eigenvalue weighted by atomic mass is 9.92. The SMILES string of the molecule is CCNC(c1cccc(C)c1C)c1cccc(Br)c1F. The molecule has 2 aromatic carbocycles. The first kappa shape index (κ1) is 15.2. The van der Waals surface area contributed by atoms with Gasteiger partial charge in [0.1, 0.15) is 5.82 Å². The number of benzene rings is 2. The maximum atomic E-state index is 14.4. The summed E-state index contributed by atoms with van der Waals surface area (Å²) in [6, 6.07) is 11.5. The zero-order chi connectivity index (χ0) is 14.7. The van der Waals surface area contributed by atoms with Crippen molar-refractivity contribution in [3.63, 3.8) is 0 Å². The van der Waals surface area contributed by atoms with Crippen molar-refractivity contribution in [3.8, 4) is 0 Å². The summed E-state index contributed by atoms with van der Waals surface area (Å²) in [4.78, 5) is 0. The Labute approximate surface area is 128 Å². The second-order valence-corrected chi connectivity index (χ2v) is 5.78. The number of hydrogen-bond donors (Lipinski definition) is 1. The summed E-state index contributed by atoms with van der Waals surface area (Å²) in [5.74, 6) is -0.195. The van der Waals surface area contributed by atoms with E-state index < -0.39 is 0 Å². The van der Waals surface area contributed by atoms with Crippen LogP contribution in [0.3, 0.4) is 0 Å². The Morgan fingerprint density at radius 1 is 1.10 bits per heavy atom. The van der Waals surface area contributed by atoms with Gasteiger partial charge in [0.15, 0.2) is 0 Å². The molecule has 2 aromatic rings. The summed E-state index contributed by atoms with van der Waals surface area (Å²) < 4.78 is 14.9. The largest absolute Gasteiger partial charge is 0.306 e. The molecule has 0 radical (unpaired) electrons. The van der Waals surface area contributed by atoms with Gasteiger partial charge in [-0.3, -0.25) is 0 Å². The molecule has 0 amide bonds. The van der Waals surface area contributed by atoms with Crippen LogP contribution < -0.4 is 5.32 Å². The number of halogens is 2. The highest BCUT2D eigenvalue weighted by Crippen LogP contribution is 2.30. The summed E-state index contributed by atoms with van der Waals surface area (Å²) in [5.41, 5.74) is 4.23. The Bertz CT molecular complexity index is 558. The van der Waals surface area contributed by atoms with Gasteiger partial charge < -0.3 is 5.32 Å². The van der Waals surface area contributed by atoms with Crippen molar-refractivity contribution < 1.29 is 4.39 Å². The van der Waals surface area contributed by atoms with E-state index >= 15 is 0 Å². The predicted molar refractivity (Wildman–Crippen MR) is 85.5 cm³/mol. The molecule has 0 aliphatic heterocycles. The van der Waals surface area contributed by atoms with Crippen molar-refractivity contribution in [1.29, 1.82) is 0 Å². The van der Waals surface area contributed by atoms with E-state index in [0.717, 1.165) is 12.1 Å². The summed E-state index contributed by atoms with van der Waals surface area (Å²) in [6.07, 6.45) is 0. The lowest BCUT2D eigenvalue weighted by Gasteiger charge is -2.22. The Morgan fingerprint density at radius 2 is 1.75 bits per heavy atom. The maximum absolute atomic E-state index is 14.4. The molecule has 1 atom stereocenters. The summed E-state index contributed by atoms with van der Waals surface area (Å²) in [6.45, 7) is 6.99. The molecular formula is C17H19BrFN. The predicted octanol–water partition coefficient (Wildman–Crippen LogP) is 4.90. The lowest BCUT2D eigenvalue weighted by molar-refractivity contribution is 0.553. The molecule has 0 heterocycles. The first-order valence-corrected chi connectivity index (χ1v) is 7.59. The fraction of sp³-hybridized carbons (Fsp3) is 0.294. The van der Waals surface area contributed by atoms with E-state index in [4.69, 9.17) is 0 Å². The fourth-order valence-electron chi connectivity index (χ4n) is 2.42. The third kappa shape index (κ3) is 2.94. The first-order valence-electron chi connectivity index (χ1n) is 6.79. The van der Waals surface area contributed by atoms with Gasteiger partial charge in [0, 0.05) is 5.56 Å². The Hall–Kier alpha value is -1.19. The normalized spacial score (nSPS) is 12.4. The molecule has 0 saturated carbocycles. The fourth-order valence-corrected chi connectivity index (χ4v) is 2.80. The minimum atomic E-state index is -0.195. The van der Waals surface area contributed by atoms with Crippen molar-refractivity contribution >= 4 is 15.9 Å². The zero-order valence-electron chi connectivity index (χ0n) is 12.0. The Kier molecular flexibility index (Phi) is 4.95. The van der Waals surface area contributed by atoms with Crippen LogP contribution in [0, 0.1) is 19.7 Å². The van der Waals surface area contributed by atoms with Gasteiger partial charge in [0.05, 0.1) is 10.5 Å². The van der Waals surface area contributed by atoms with Gasteiger partial charge in [0.25, 0.3) is 0 Å². The van der Waals surface area contributed by atoms with E-state index in [9.17, 15) is 4.39 Å². The van der Waals surface area contributed by atoms with Crippen LogP contribution >= 0.6 is 15.9 Å². The number of hydrogen-bond acceptors (Lipinski definition) is 1. The second kappa shape index (κ2) is 6.51. The van der Waals surface area contributed by atoms with Crippen molar-refractivity contribution in [2.24, 2.45) is 0 Å². The summed E-state index contributed by atoms with van der Waals surface area (Å²) >= 11 is 3.27. The van der Waals surface area contributed by atoms with E-state index in [-0.39, 0.29) is 11.9 Å². The molecule has 0 saturated heterocycles. The zero-order valence-corrected chi connectivity index (χ0v) is 13.6. The standard InChI is InChI=1S/C17H19BrFN/c1-4-20-17(13-8-5-7-11(2)12(13)3)14-9-6-10-15(18)16(14)19/h5-10,17,20H,4H2,1-3H3. The minimum absolute atomic E-state index is 0.127.